The lowest BCUT2D eigenvalue weighted by Crippen LogP contribution is -2.38. The number of aryl methyl sites for hydroxylation is 1. The van der Waals surface area contributed by atoms with E-state index in [2.05, 4.69) is 50.0 Å². The third-order valence-corrected chi connectivity index (χ3v) is 6.23. The fourth-order valence-electron chi connectivity index (χ4n) is 4.43. The molecule has 31 heavy (non-hydrogen) atoms. The fraction of sp³-hybridized carbons (Fsp3) is 0.565. The van der Waals surface area contributed by atoms with Gasteiger partial charge in [0.1, 0.15) is 0 Å². The molecule has 2 aliphatic heterocycles. The van der Waals surface area contributed by atoms with Crippen molar-refractivity contribution in [2.75, 3.05) is 65.7 Å². The van der Waals surface area contributed by atoms with Crippen molar-refractivity contribution >= 4 is 10.9 Å². The standard InChI is InChI=1S/C23H31N5O3/c1-2-5-21-19(4-1)20(18-28(21)9-8-27-12-16-30-17-13-27)23-24-22(25-31-23)6-3-7-26-10-14-29-15-11-26/h1-2,4-5,18H,3,6-17H2. The van der Waals surface area contributed by atoms with E-state index in [1.165, 1.54) is 5.52 Å². The number of aromatic nitrogens is 3. The van der Waals surface area contributed by atoms with Crippen LogP contribution in [0.3, 0.4) is 0 Å². The van der Waals surface area contributed by atoms with Crippen molar-refractivity contribution in [3.05, 3.63) is 36.3 Å². The number of fused-ring (bicyclic) bond motifs is 1. The molecule has 0 amide bonds. The van der Waals surface area contributed by atoms with Crippen molar-refractivity contribution in [2.24, 2.45) is 0 Å². The van der Waals surface area contributed by atoms with Gasteiger partial charge < -0.3 is 18.6 Å². The molecule has 4 heterocycles. The Morgan fingerprint density at radius 3 is 2.32 bits per heavy atom. The Morgan fingerprint density at radius 1 is 0.839 bits per heavy atom. The Hall–Kier alpha value is -2.26. The minimum absolute atomic E-state index is 0.614. The fourth-order valence-corrected chi connectivity index (χ4v) is 4.43. The van der Waals surface area contributed by atoms with Crippen LogP contribution in [-0.2, 0) is 22.4 Å². The van der Waals surface area contributed by atoms with Crippen molar-refractivity contribution in [2.45, 2.75) is 19.4 Å². The molecule has 0 unspecified atom stereocenters. The lowest BCUT2D eigenvalue weighted by molar-refractivity contribution is 0.0365. The van der Waals surface area contributed by atoms with Crippen molar-refractivity contribution in [3.63, 3.8) is 0 Å². The Kier molecular flexibility index (Phi) is 6.60. The Labute approximate surface area is 182 Å². The first-order valence-corrected chi connectivity index (χ1v) is 11.4. The van der Waals surface area contributed by atoms with Crippen LogP contribution in [0.1, 0.15) is 12.2 Å². The van der Waals surface area contributed by atoms with Crippen molar-refractivity contribution < 1.29 is 14.0 Å². The molecule has 0 saturated carbocycles. The lowest BCUT2D eigenvalue weighted by Gasteiger charge is -2.26. The molecule has 0 bridgehead atoms. The number of hydrogen-bond acceptors (Lipinski definition) is 7. The second-order valence-electron chi connectivity index (χ2n) is 8.28. The monoisotopic (exact) mass is 425 g/mol. The van der Waals surface area contributed by atoms with Gasteiger partial charge in [0.05, 0.1) is 32.0 Å². The number of morpholine rings is 2. The molecule has 0 spiro atoms. The maximum Gasteiger partial charge on any atom is 0.260 e. The molecule has 0 radical (unpaired) electrons. The molecule has 1 aromatic carbocycles. The van der Waals surface area contributed by atoms with Crippen LogP contribution < -0.4 is 0 Å². The van der Waals surface area contributed by atoms with E-state index < -0.39 is 0 Å². The van der Waals surface area contributed by atoms with Crippen molar-refractivity contribution in [1.29, 1.82) is 0 Å². The van der Waals surface area contributed by atoms with Gasteiger partial charge in [-0.2, -0.15) is 4.98 Å². The van der Waals surface area contributed by atoms with E-state index in [-0.39, 0.29) is 0 Å². The van der Waals surface area contributed by atoms with Gasteiger partial charge in [-0.1, -0.05) is 23.4 Å². The first-order valence-electron chi connectivity index (χ1n) is 11.4. The third-order valence-electron chi connectivity index (χ3n) is 6.23. The SMILES string of the molecule is c1ccc2c(c1)c(-c1nc(CCCN3CCOCC3)no1)cn2CCN1CCOCC1. The molecule has 8 nitrogen and oxygen atoms in total. The maximum atomic E-state index is 5.67. The number of rotatable bonds is 8. The normalized spacial score (nSPS) is 18.7. The molecule has 0 atom stereocenters. The van der Waals surface area contributed by atoms with Crippen LogP contribution in [-0.4, -0.2) is 90.2 Å². The van der Waals surface area contributed by atoms with E-state index in [4.69, 9.17) is 19.0 Å². The average Bonchev–Trinajstić information content (AvgIpc) is 3.44. The highest BCUT2D eigenvalue weighted by molar-refractivity contribution is 5.94. The van der Waals surface area contributed by atoms with E-state index in [1.54, 1.807) is 0 Å². The van der Waals surface area contributed by atoms with E-state index >= 15 is 0 Å². The summed E-state index contributed by atoms with van der Waals surface area (Å²) >= 11 is 0. The molecule has 2 aromatic heterocycles. The summed E-state index contributed by atoms with van der Waals surface area (Å²) in [5.41, 5.74) is 2.22. The zero-order valence-electron chi connectivity index (χ0n) is 18.0. The molecule has 8 heteroatoms. The van der Waals surface area contributed by atoms with Gasteiger partial charge in [0.25, 0.3) is 5.89 Å². The van der Waals surface area contributed by atoms with Gasteiger partial charge >= 0.3 is 0 Å². The number of ether oxygens (including phenoxy) is 2. The Balaban J connectivity index is 1.26. The van der Waals surface area contributed by atoms with Gasteiger partial charge in [-0.25, -0.2) is 0 Å². The minimum Gasteiger partial charge on any atom is -0.379 e. The van der Waals surface area contributed by atoms with Gasteiger partial charge in [-0.05, 0) is 19.0 Å². The number of nitrogens with zero attached hydrogens (tertiary/aromatic N) is 5. The molecule has 2 aliphatic rings. The summed E-state index contributed by atoms with van der Waals surface area (Å²) in [4.78, 5) is 9.61. The minimum atomic E-state index is 0.614. The van der Waals surface area contributed by atoms with Crippen molar-refractivity contribution in [3.8, 4) is 11.5 Å². The molecule has 2 saturated heterocycles. The smallest absolute Gasteiger partial charge is 0.260 e. The molecule has 0 aliphatic carbocycles. The highest BCUT2D eigenvalue weighted by Gasteiger charge is 2.17. The van der Waals surface area contributed by atoms with E-state index in [0.29, 0.717) is 5.89 Å². The van der Waals surface area contributed by atoms with E-state index in [9.17, 15) is 0 Å². The summed E-state index contributed by atoms with van der Waals surface area (Å²) < 4.78 is 18.9. The van der Waals surface area contributed by atoms with E-state index in [0.717, 1.165) is 102 Å². The number of benzene rings is 1. The zero-order chi connectivity index (χ0) is 20.9. The summed E-state index contributed by atoms with van der Waals surface area (Å²) in [5.74, 6) is 1.40. The van der Waals surface area contributed by atoms with Gasteiger partial charge in [-0.15, -0.1) is 0 Å². The Bertz CT molecular complexity index is 973. The first-order chi connectivity index (χ1) is 15.4. The summed E-state index contributed by atoms with van der Waals surface area (Å²) in [6.07, 6.45) is 4.02. The summed E-state index contributed by atoms with van der Waals surface area (Å²) in [6, 6.07) is 8.45. The van der Waals surface area contributed by atoms with Crippen molar-refractivity contribution in [1.82, 2.24) is 24.5 Å². The molecule has 0 N–H and O–H groups in total. The van der Waals surface area contributed by atoms with Gasteiger partial charge in [0.2, 0.25) is 0 Å². The first kappa shape index (κ1) is 20.6. The number of hydrogen-bond donors (Lipinski definition) is 0. The van der Waals surface area contributed by atoms with Crippen LogP contribution in [0, 0.1) is 0 Å². The van der Waals surface area contributed by atoms with E-state index in [1.807, 2.05) is 0 Å². The summed E-state index contributed by atoms with van der Waals surface area (Å²) in [7, 11) is 0. The van der Waals surface area contributed by atoms with Gasteiger partial charge in [0, 0.05) is 62.8 Å². The van der Waals surface area contributed by atoms with Gasteiger partial charge in [0.15, 0.2) is 5.82 Å². The van der Waals surface area contributed by atoms with Crippen LogP contribution >= 0.6 is 0 Å². The summed E-state index contributed by atoms with van der Waals surface area (Å²) in [5, 5.41) is 5.41. The second kappa shape index (κ2) is 9.91. The summed E-state index contributed by atoms with van der Waals surface area (Å²) in [6.45, 7) is 10.4. The molecule has 166 valence electrons. The highest BCUT2D eigenvalue weighted by Crippen LogP contribution is 2.29. The topological polar surface area (TPSA) is 68.8 Å². The van der Waals surface area contributed by atoms with Crippen LogP contribution in [0.5, 0.6) is 0 Å². The van der Waals surface area contributed by atoms with Crippen LogP contribution in [0.2, 0.25) is 0 Å². The van der Waals surface area contributed by atoms with Crippen LogP contribution in [0.25, 0.3) is 22.4 Å². The quantitative estimate of drug-likeness (QED) is 0.548. The third kappa shape index (κ3) is 4.98. The number of para-hydroxylation sites is 1. The zero-order valence-corrected chi connectivity index (χ0v) is 18.0. The lowest BCUT2D eigenvalue weighted by atomic mass is 10.2. The molecule has 2 fully saturated rings. The van der Waals surface area contributed by atoms with Crippen LogP contribution in [0.15, 0.2) is 35.0 Å². The largest absolute Gasteiger partial charge is 0.379 e. The maximum absolute atomic E-state index is 5.67. The van der Waals surface area contributed by atoms with Crippen LogP contribution in [0.4, 0.5) is 0 Å². The average molecular weight is 426 g/mol. The predicted octanol–water partition coefficient (Wildman–Crippen LogP) is 2.29. The Morgan fingerprint density at radius 2 is 1.55 bits per heavy atom. The van der Waals surface area contributed by atoms with Gasteiger partial charge in [-0.3, -0.25) is 9.80 Å². The molecular weight excluding hydrogens is 394 g/mol. The second-order valence-corrected chi connectivity index (χ2v) is 8.28. The highest BCUT2D eigenvalue weighted by atomic mass is 16.5. The molecule has 5 rings (SSSR count). The molecular formula is C23H31N5O3. The predicted molar refractivity (Wildman–Crippen MR) is 118 cm³/mol. The molecule has 3 aromatic rings.